The van der Waals surface area contributed by atoms with E-state index in [4.69, 9.17) is 0 Å². The Morgan fingerprint density at radius 3 is 1.67 bits per heavy atom. The molecule has 0 spiro atoms. The maximum atomic E-state index is 12.7. The number of rotatable bonds is 23. The second kappa shape index (κ2) is 26.5. The number of benzene rings is 7. The van der Waals surface area contributed by atoms with Crippen molar-refractivity contribution in [3.63, 3.8) is 0 Å². The van der Waals surface area contributed by atoms with Crippen LogP contribution >= 0.6 is 0 Å². The number of carbonyl (C=O) groups is 2. The van der Waals surface area contributed by atoms with Gasteiger partial charge in [-0.25, -0.2) is 0 Å². The van der Waals surface area contributed by atoms with Crippen LogP contribution in [0.4, 0.5) is 5.69 Å². The van der Waals surface area contributed by atoms with E-state index in [-0.39, 0.29) is 11.8 Å². The SMILES string of the molecule is C=C(C)C(=O)NCCCN(Cc1ccccc1B(O)O)Cc1c2ccccc2c(CN(CCCNC(=O)C(=C)C)Cc2ccccc2B(O)O)c2cc(-c3ccc(C)c(C4=C5C=CC(=NC)C=[C]5[Ge]([CH3])([CH3])[c]5cc(NC)ccc54)c3)ccc12. The summed E-state index contributed by atoms with van der Waals surface area (Å²) in [5, 5.41) is 56.0. The van der Waals surface area contributed by atoms with E-state index < -0.39 is 27.5 Å². The molecule has 0 radical (unpaired) electrons. The number of aliphatic imine (C=N–C) groups is 1. The summed E-state index contributed by atoms with van der Waals surface area (Å²) < 4.78 is 2.83. The Balaban J connectivity index is 1.24. The van der Waals surface area contributed by atoms with E-state index in [0.717, 1.165) is 66.3 Å². The number of allylic oxidation sites excluding steroid dienone is 5. The fraction of sp³-hybridized carbons (Fsp3) is 0.250. The summed E-state index contributed by atoms with van der Waals surface area (Å²) in [6.07, 6.45) is 7.99. The first-order valence-corrected chi connectivity index (χ1v) is 34.9. The Morgan fingerprint density at radius 2 is 1.13 bits per heavy atom. The molecule has 0 saturated carbocycles. The van der Waals surface area contributed by atoms with Gasteiger partial charge >= 0.3 is 259 Å². The average molecular weight is 1170 g/mol. The summed E-state index contributed by atoms with van der Waals surface area (Å²) in [7, 11) is 0.516. The molecule has 7 N–H and O–H groups in total. The van der Waals surface area contributed by atoms with E-state index in [9.17, 15) is 29.7 Å². The van der Waals surface area contributed by atoms with Gasteiger partial charge in [0.1, 0.15) is 0 Å². The van der Waals surface area contributed by atoms with Crippen LogP contribution in [-0.2, 0) is 35.8 Å². The van der Waals surface area contributed by atoms with Gasteiger partial charge in [-0.2, -0.15) is 0 Å². The van der Waals surface area contributed by atoms with Gasteiger partial charge in [-0.15, -0.1) is 0 Å². The summed E-state index contributed by atoms with van der Waals surface area (Å²) in [4.78, 5) is 34.6. The molecule has 424 valence electrons. The second-order valence-electron chi connectivity index (χ2n) is 22.6. The molecule has 15 heteroatoms. The Bertz CT molecular complexity index is 3790. The van der Waals surface area contributed by atoms with Crippen molar-refractivity contribution in [2.45, 2.75) is 71.3 Å². The van der Waals surface area contributed by atoms with E-state index in [1.165, 1.54) is 36.6 Å². The molecule has 0 atom stereocenters. The van der Waals surface area contributed by atoms with Gasteiger partial charge in [0.25, 0.3) is 0 Å². The van der Waals surface area contributed by atoms with Gasteiger partial charge in [-0.05, 0) is 48.7 Å². The summed E-state index contributed by atoms with van der Waals surface area (Å²) in [6.45, 7) is 17.0. The van der Waals surface area contributed by atoms with Crippen molar-refractivity contribution in [2.24, 2.45) is 4.99 Å². The van der Waals surface area contributed by atoms with Crippen LogP contribution in [0.1, 0.15) is 65.6 Å². The Hall–Kier alpha value is -7.40. The van der Waals surface area contributed by atoms with Gasteiger partial charge in [-0.3, -0.25) is 14.5 Å². The van der Waals surface area contributed by atoms with Crippen molar-refractivity contribution in [3.05, 3.63) is 219 Å². The zero-order valence-electron chi connectivity index (χ0n) is 48.9. The molecule has 0 aromatic heterocycles. The number of nitrogens with zero attached hydrogens (tertiary/aromatic N) is 3. The third-order valence-electron chi connectivity index (χ3n) is 16.4. The van der Waals surface area contributed by atoms with Gasteiger partial charge in [0.15, 0.2) is 0 Å². The van der Waals surface area contributed by atoms with Crippen LogP contribution in [-0.4, -0.2) is 115 Å². The maximum absolute atomic E-state index is 12.7. The van der Waals surface area contributed by atoms with E-state index in [1.807, 2.05) is 50.5 Å². The van der Waals surface area contributed by atoms with Crippen molar-refractivity contribution in [1.82, 2.24) is 20.4 Å². The van der Waals surface area contributed by atoms with Gasteiger partial charge in [0.2, 0.25) is 11.8 Å². The van der Waals surface area contributed by atoms with Gasteiger partial charge in [-0.1, -0.05) is 79.9 Å². The standard InChI is InChI=1S/C68H76B2GeN6O6/c1-44(2)67(78)74-32-16-34-76(40-49-18-10-14-22-62(49)69(80)81)42-60-53-20-12-13-21-54(53)61(43-77(35-17-33-75-68(79)45(3)4)41-50-19-11-15-23-63(50)70(82)83)59-37-48(26-29-55(59)60)47-25-24-46(5)58(36-47)66-56-30-27-51(72-8)38-64(56)71(6,7)65-39-52(73-9)28-31-57(65)66/h10-15,18-31,36-39,72,80-83H,1,3,16-17,32-35,40-43H2,2,4-9H3,(H,74,78)(H,75,79). The first kappa shape index (κ1) is 60.2. The van der Waals surface area contributed by atoms with Crippen LogP contribution in [0.15, 0.2) is 185 Å². The van der Waals surface area contributed by atoms with Crippen LogP contribution in [0, 0.1) is 6.92 Å². The van der Waals surface area contributed by atoms with Crippen molar-refractivity contribution in [1.29, 1.82) is 0 Å². The van der Waals surface area contributed by atoms with Crippen molar-refractivity contribution < 1.29 is 29.7 Å². The summed E-state index contributed by atoms with van der Waals surface area (Å²) in [5.74, 6) is 4.58. The Labute approximate surface area is 492 Å². The van der Waals surface area contributed by atoms with Crippen LogP contribution in [0.2, 0.25) is 11.5 Å². The van der Waals surface area contributed by atoms with E-state index >= 15 is 0 Å². The minimum atomic E-state index is -2.87. The van der Waals surface area contributed by atoms with Crippen LogP contribution in [0.3, 0.4) is 0 Å². The summed E-state index contributed by atoms with van der Waals surface area (Å²) in [6, 6.07) is 43.8. The molecule has 7 aromatic carbocycles. The van der Waals surface area contributed by atoms with Crippen LogP contribution < -0.4 is 31.3 Å². The van der Waals surface area contributed by atoms with E-state index in [1.54, 1.807) is 26.0 Å². The molecule has 2 aliphatic rings. The van der Waals surface area contributed by atoms with Crippen LogP contribution in [0.25, 0.3) is 38.2 Å². The molecule has 1 aliphatic heterocycles. The number of nitrogens with one attached hydrogen (secondary N) is 3. The zero-order valence-corrected chi connectivity index (χ0v) is 51.0. The molecule has 12 nitrogen and oxygen atoms in total. The molecule has 83 heavy (non-hydrogen) atoms. The third-order valence-corrected chi connectivity index (χ3v) is 23.8. The fourth-order valence-electron chi connectivity index (χ4n) is 11.9. The minimum absolute atomic E-state index is 0.195. The number of hydrogen-bond acceptors (Lipinski definition) is 10. The van der Waals surface area contributed by atoms with Gasteiger partial charge < -0.3 is 30.7 Å². The molecule has 0 bridgehead atoms. The normalized spacial score (nSPS) is 14.0. The van der Waals surface area contributed by atoms with Crippen LogP contribution in [0.5, 0.6) is 0 Å². The molecule has 0 saturated heterocycles. The first-order chi connectivity index (χ1) is 39.9. The molecule has 9 rings (SSSR count). The van der Waals surface area contributed by atoms with Gasteiger partial charge in [0.05, 0.1) is 0 Å². The zero-order chi connectivity index (χ0) is 59.1. The fourth-order valence-corrected chi connectivity index (χ4v) is 18.4. The number of aryl methyl sites for hydroxylation is 1. The molecule has 2 amide bonds. The van der Waals surface area contributed by atoms with E-state index in [2.05, 4.69) is 159 Å². The number of carbonyl (C=O) groups excluding carboxylic acids is 2. The van der Waals surface area contributed by atoms with Crippen molar-refractivity contribution >= 4 is 93.2 Å². The predicted molar refractivity (Wildman–Crippen MR) is 347 cm³/mol. The predicted octanol–water partition coefficient (Wildman–Crippen LogP) is 8.38. The van der Waals surface area contributed by atoms with Crippen molar-refractivity contribution in [2.75, 3.05) is 45.6 Å². The monoisotopic (exact) mass is 1170 g/mol. The average Bonchev–Trinajstić information content (AvgIpc) is 3.67. The Kier molecular flexibility index (Phi) is 19.2. The second-order valence-corrected chi connectivity index (χ2v) is 31.7. The molecule has 1 heterocycles. The number of amides is 2. The molecule has 1 aliphatic carbocycles. The summed E-state index contributed by atoms with van der Waals surface area (Å²) >= 11 is -2.87. The third kappa shape index (κ3) is 13.4. The molecule has 7 aromatic rings. The first-order valence-electron chi connectivity index (χ1n) is 28.6. The quantitative estimate of drug-likeness (QED) is 0.0144. The summed E-state index contributed by atoms with van der Waals surface area (Å²) in [5.41, 5.74) is 15.8. The number of hydrogen-bond donors (Lipinski definition) is 7. The molecular weight excluding hydrogens is 1090 g/mol. The topological polar surface area (TPSA) is 170 Å². The van der Waals surface area contributed by atoms with Gasteiger partial charge in [0, 0.05) is 50.4 Å². The van der Waals surface area contributed by atoms with E-state index in [0.29, 0.717) is 87.3 Å². The Morgan fingerprint density at radius 1 is 0.614 bits per heavy atom. The molecular formula is C68H76B2GeN6O6. The number of fused-ring (bicyclic) bond motifs is 4. The number of anilines is 1. The molecule has 0 fully saturated rings. The molecule has 0 unspecified atom stereocenters. The van der Waals surface area contributed by atoms with Crippen molar-refractivity contribution in [3.8, 4) is 11.1 Å².